The van der Waals surface area contributed by atoms with Gasteiger partial charge in [0, 0.05) is 12.7 Å². The number of nitrogens with one attached hydrogen (secondary N) is 2. The molecule has 2 rings (SSSR count). The summed E-state index contributed by atoms with van der Waals surface area (Å²) < 4.78 is 0. The lowest BCUT2D eigenvalue weighted by molar-refractivity contribution is -0.384. The zero-order valence-corrected chi connectivity index (χ0v) is 12.0. The van der Waals surface area contributed by atoms with Crippen molar-refractivity contribution in [3.8, 4) is 0 Å². The molecule has 2 aromatic heterocycles. The highest BCUT2D eigenvalue weighted by atomic mass is 16.6. The molecule has 7 heteroatoms. The van der Waals surface area contributed by atoms with Crippen LogP contribution < -0.4 is 10.6 Å². The maximum atomic E-state index is 10.9. The van der Waals surface area contributed by atoms with Gasteiger partial charge < -0.3 is 10.6 Å². The summed E-state index contributed by atoms with van der Waals surface area (Å²) in [6.45, 7) is 4.99. The molecule has 0 saturated carbocycles. The minimum Gasteiger partial charge on any atom is -0.370 e. The Morgan fingerprint density at radius 1 is 1.29 bits per heavy atom. The third-order valence-electron chi connectivity index (χ3n) is 2.93. The summed E-state index contributed by atoms with van der Waals surface area (Å²) in [6, 6.07) is 6.67. The predicted molar refractivity (Wildman–Crippen MR) is 81.4 cm³/mol. The normalized spacial score (nSPS) is 10.2. The summed E-state index contributed by atoms with van der Waals surface area (Å²) in [6.07, 6.45) is 1.72. The third-order valence-corrected chi connectivity index (χ3v) is 2.93. The smallest absolute Gasteiger partial charge is 0.276 e. The quantitative estimate of drug-likeness (QED) is 0.627. The molecule has 0 radical (unpaired) electrons. The summed E-state index contributed by atoms with van der Waals surface area (Å²) in [5.41, 5.74) is 1.94. The average molecular weight is 287 g/mol. The standard InChI is InChI=1S/C14H17N5O2/c1-3-15-13-7-11(19(20)21)8-14(18-13)17-9-12-10(2)5-4-6-16-12/h4-8H,3,9H2,1-2H3,(H2,15,17,18). The van der Waals surface area contributed by atoms with Gasteiger partial charge in [-0.2, -0.15) is 0 Å². The highest BCUT2D eigenvalue weighted by Gasteiger charge is 2.11. The molecule has 0 bridgehead atoms. The van der Waals surface area contributed by atoms with E-state index in [1.807, 2.05) is 26.0 Å². The fourth-order valence-corrected chi connectivity index (χ4v) is 1.86. The molecule has 21 heavy (non-hydrogen) atoms. The number of pyridine rings is 2. The molecule has 2 heterocycles. The van der Waals surface area contributed by atoms with Crippen molar-refractivity contribution in [2.45, 2.75) is 20.4 Å². The van der Waals surface area contributed by atoms with Gasteiger partial charge >= 0.3 is 0 Å². The monoisotopic (exact) mass is 287 g/mol. The molecular formula is C14H17N5O2. The van der Waals surface area contributed by atoms with E-state index in [1.165, 1.54) is 12.1 Å². The first-order chi connectivity index (χ1) is 10.1. The van der Waals surface area contributed by atoms with Crippen LogP contribution >= 0.6 is 0 Å². The number of aromatic nitrogens is 2. The Balaban J connectivity index is 2.19. The van der Waals surface area contributed by atoms with E-state index in [0.717, 1.165) is 11.3 Å². The number of nitro groups is 1. The van der Waals surface area contributed by atoms with Gasteiger partial charge in [-0.15, -0.1) is 0 Å². The van der Waals surface area contributed by atoms with Gasteiger partial charge in [-0.25, -0.2) is 4.98 Å². The first kappa shape index (κ1) is 14.7. The number of nitrogens with zero attached hydrogens (tertiary/aromatic N) is 3. The molecule has 0 aliphatic rings. The highest BCUT2D eigenvalue weighted by molar-refractivity contribution is 5.54. The van der Waals surface area contributed by atoms with Crippen molar-refractivity contribution in [3.05, 3.63) is 51.8 Å². The van der Waals surface area contributed by atoms with E-state index >= 15 is 0 Å². The Morgan fingerprint density at radius 2 is 2.00 bits per heavy atom. The molecule has 0 saturated heterocycles. The lowest BCUT2D eigenvalue weighted by Gasteiger charge is -2.09. The number of hydrogen-bond donors (Lipinski definition) is 2. The summed E-state index contributed by atoms with van der Waals surface area (Å²) >= 11 is 0. The van der Waals surface area contributed by atoms with Gasteiger partial charge in [0.05, 0.1) is 29.3 Å². The first-order valence-electron chi connectivity index (χ1n) is 6.65. The summed E-state index contributed by atoms with van der Waals surface area (Å²) in [5, 5.41) is 17.0. The Kier molecular flexibility index (Phi) is 4.65. The molecule has 2 N–H and O–H groups in total. The summed E-state index contributed by atoms with van der Waals surface area (Å²) in [5.74, 6) is 0.928. The SMILES string of the molecule is CCNc1cc([N+](=O)[O-])cc(NCc2ncccc2C)n1. The van der Waals surface area contributed by atoms with E-state index in [1.54, 1.807) is 6.20 Å². The average Bonchev–Trinajstić information content (AvgIpc) is 2.46. The summed E-state index contributed by atoms with van der Waals surface area (Å²) in [4.78, 5) is 19.1. The Hall–Kier alpha value is -2.70. The number of anilines is 2. The van der Waals surface area contributed by atoms with E-state index < -0.39 is 4.92 Å². The first-order valence-corrected chi connectivity index (χ1v) is 6.65. The van der Waals surface area contributed by atoms with Crippen LogP contribution in [0.2, 0.25) is 0 Å². The lowest BCUT2D eigenvalue weighted by Crippen LogP contribution is -2.07. The molecule has 0 spiro atoms. The van der Waals surface area contributed by atoms with Gasteiger partial charge in [0.25, 0.3) is 5.69 Å². The molecule has 0 atom stereocenters. The van der Waals surface area contributed by atoms with E-state index in [9.17, 15) is 10.1 Å². The van der Waals surface area contributed by atoms with Crippen molar-refractivity contribution in [2.75, 3.05) is 17.2 Å². The van der Waals surface area contributed by atoms with E-state index in [0.29, 0.717) is 24.7 Å². The van der Waals surface area contributed by atoms with Gasteiger partial charge in [0.15, 0.2) is 0 Å². The fourth-order valence-electron chi connectivity index (χ4n) is 1.86. The van der Waals surface area contributed by atoms with Crippen LogP contribution in [-0.4, -0.2) is 21.4 Å². The second-order valence-electron chi connectivity index (χ2n) is 4.50. The van der Waals surface area contributed by atoms with Crippen LogP contribution in [-0.2, 0) is 6.54 Å². The van der Waals surface area contributed by atoms with E-state index in [2.05, 4.69) is 20.6 Å². The molecule has 0 amide bonds. The Labute approximate surface area is 122 Å². The zero-order valence-electron chi connectivity index (χ0n) is 12.0. The van der Waals surface area contributed by atoms with Crippen LogP contribution in [0.3, 0.4) is 0 Å². The predicted octanol–water partition coefficient (Wildman–Crippen LogP) is 2.74. The Morgan fingerprint density at radius 3 is 2.62 bits per heavy atom. The molecule has 7 nitrogen and oxygen atoms in total. The molecule has 0 aliphatic heterocycles. The number of aryl methyl sites for hydroxylation is 1. The summed E-state index contributed by atoms with van der Waals surface area (Å²) in [7, 11) is 0. The lowest BCUT2D eigenvalue weighted by atomic mass is 10.2. The maximum Gasteiger partial charge on any atom is 0.276 e. The van der Waals surface area contributed by atoms with Crippen molar-refractivity contribution in [1.29, 1.82) is 0 Å². The molecular weight excluding hydrogens is 270 g/mol. The largest absolute Gasteiger partial charge is 0.370 e. The minimum absolute atomic E-state index is 0.00110. The number of hydrogen-bond acceptors (Lipinski definition) is 6. The van der Waals surface area contributed by atoms with Gasteiger partial charge in [-0.05, 0) is 25.5 Å². The molecule has 2 aromatic rings. The van der Waals surface area contributed by atoms with Crippen molar-refractivity contribution >= 4 is 17.3 Å². The van der Waals surface area contributed by atoms with Crippen molar-refractivity contribution in [2.24, 2.45) is 0 Å². The van der Waals surface area contributed by atoms with Gasteiger partial charge in [0.2, 0.25) is 0 Å². The van der Waals surface area contributed by atoms with E-state index in [-0.39, 0.29) is 5.69 Å². The van der Waals surface area contributed by atoms with Crippen LogP contribution in [0.1, 0.15) is 18.2 Å². The molecule has 110 valence electrons. The van der Waals surface area contributed by atoms with Crippen molar-refractivity contribution in [1.82, 2.24) is 9.97 Å². The fraction of sp³-hybridized carbons (Fsp3) is 0.286. The topological polar surface area (TPSA) is 93.0 Å². The van der Waals surface area contributed by atoms with Crippen molar-refractivity contribution < 1.29 is 4.92 Å². The van der Waals surface area contributed by atoms with Gasteiger partial charge in [0.1, 0.15) is 11.6 Å². The van der Waals surface area contributed by atoms with Crippen LogP contribution in [0.25, 0.3) is 0 Å². The van der Waals surface area contributed by atoms with Gasteiger partial charge in [-0.1, -0.05) is 6.07 Å². The van der Waals surface area contributed by atoms with Crippen LogP contribution in [0.5, 0.6) is 0 Å². The number of rotatable bonds is 6. The molecule has 0 fully saturated rings. The second-order valence-corrected chi connectivity index (χ2v) is 4.50. The zero-order chi connectivity index (χ0) is 15.2. The van der Waals surface area contributed by atoms with Crippen molar-refractivity contribution in [3.63, 3.8) is 0 Å². The van der Waals surface area contributed by atoms with Gasteiger partial charge in [-0.3, -0.25) is 15.1 Å². The van der Waals surface area contributed by atoms with Crippen LogP contribution in [0.15, 0.2) is 30.5 Å². The van der Waals surface area contributed by atoms with Crippen LogP contribution in [0.4, 0.5) is 17.3 Å². The molecule has 0 unspecified atom stereocenters. The Bertz CT molecular complexity index is 645. The molecule has 0 aliphatic carbocycles. The third kappa shape index (κ3) is 3.88. The minimum atomic E-state index is -0.431. The van der Waals surface area contributed by atoms with E-state index in [4.69, 9.17) is 0 Å². The highest BCUT2D eigenvalue weighted by Crippen LogP contribution is 2.21. The second kappa shape index (κ2) is 6.65. The van der Waals surface area contributed by atoms with Crippen LogP contribution in [0, 0.1) is 17.0 Å². The molecule has 0 aromatic carbocycles. The maximum absolute atomic E-state index is 10.9.